The van der Waals surface area contributed by atoms with Crippen molar-refractivity contribution in [2.45, 2.75) is 26.9 Å². The third kappa shape index (κ3) is 2.37. The number of hydrogen-bond acceptors (Lipinski definition) is 2. The number of pyridine rings is 1. The largest absolute Gasteiger partial charge is 0.384 e. The number of aliphatic hydroxyl groups is 1. The molecule has 2 heteroatoms. The van der Waals surface area contributed by atoms with Gasteiger partial charge >= 0.3 is 0 Å². The van der Waals surface area contributed by atoms with E-state index in [-0.39, 0.29) is 0 Å². The molecule has 17 heavy (non-hydrogen) atoms. The molecule has 2 aromatic rings. The molecule has 88 valence electrons. The summed E-state index contributed by atoms with van der Waals surface area (Å²) in [5.41, 5.74) is 5.10. The summed E-state index contributed by atoms with van der Waals surface area (Å²) < 4.78 is 0. The zero-order chi connectivity index (χ0) is 12.4. The van der Waals surface area contributed by atoms with Crippen molar-refractivity contribution in [3.05, 3.63) is 64.5 Å². The molecule has 2 nitrogen and oxygen atoms in total. The van der Waals surface area contributed by atoms with Crippen LogP contribution in [0, 0.1) is 20.8 Å². The molecular formula is C15H17NO. The molecule has 0 bridgehead atoms. The lowest BCUT2D eigenvalue weighted by Gasteiger charge is -2.14. The first-order chi connectivity index (χ1) is 8.09. The Morgan fingerprint density at radius 1 is 1.06 bits per heavy atom. The third-order valence-corrected chi connectivity index (χ3v) is 3.19. The van der Waals surface area contributed by atoms with Crippen LogP contribution in [0.1, 0.15) is 34.1 Å². The first-order valence-electron chi connectivity index (χ1n) is 5.76. The van der Waals surface area contributed by atoms with E-state index in [0.29, 0.717) is 0 Å². The van der Waals surface area contributed by atoms with E-state index in [1.54, 1.807) is 6.20 Å². The monoisotopic (exact) mass is 227 g/mol. The van der Waals surface area contributed by atoms with Gasteiger partial charge in [0, 0.05) is 17.5 Å². The Morgan fingerprint density at radius 2 is 1.82 bits per heavy atom. The van der Waals surface area contributed by atoms with E-state index in [0.717, 1.165) is 16.8 Å². The molecule has 0 saturated heterocycles. The highest BCUT2D eigenvalue weighted by Gasteiger charge is 2.13. The summed E-state index contributed by atoms with van der Waals surface area (Å²) in [4.78, 5) is 4.21. The highest BCUT2D eigenvalue weighted by atomic mass is 16.3. The number of nitrogens with zero attached hydrogens (tertiary/aromatic N) is 1. The second kappa shape index (κ2) is 4.68. The van der Waals surface area contributed by atoms with Crippen LogP contribution in [0.5, 0.6) is 0 Å². The highest BCUT2D eigenvalue weighted by Crippen LogP contribution is 2.25. The topological polar surface area (TPSA) is 33.1 Å². The van der Waals surface area contributed by atoms with Crippen LogP contribution in [-0.4, -0.2) is 10.1 Å². The van der Waals surface area contributed by atoms with Gasteiger partial charge in [-0.1, -0.05) is 24.3 Å². The molecule has 0 aliphatic heterocycles. The van der Waals surface area contributed by atoms with Crippen LogP contribution in [0.15, 0.2) is 36.5 Å². The summed E-state index contributed by atoms with van der Waals surface area (Å²) in [6, 6.07) is 9.82. The molecule has 0 aliphatic carbocycles. The van der Waals surface area contributed by atoms with Crippen LogP contribution in [0.25, 0.3) is 0 Å². The van der Waals surface area contributed by atoms with E-state index < -0.39 is 6.10 Å². The van der Waals surface area contributed by atoms with Gasteiger partial charge in [-0.2, -0.15) is 0 Å². The molecule has 2 rings (SSSR count). The maximum Gasteiger partial charge on any atom is 0.106 e. The van der Waals surface area contributed by atoms with E-state index in [1.807, 2.05) is 37.3 Å². The second-order valence-corrected chi connectivity index (χ2v) is 4.42. The molecule has 0 radical (unpaired) electrons. The van der Waals surface area contributed by atoms with Gasteiger partial charge in [-0.05, 0) is 43.5 Å². The van der Waals surface area contributed by atoms with Crippen molar-refractivity contribution in [3.63, 3.8) is 0 Å². The van der Waals surface area contributed by atoms with Gasteiger partial charge in [0.2, 0.25) is 0 Å². The van der Waals surface area contributed by atoms with Gasteiger partial charge < -0.3 is 5.11 Å². The Bertz CT molecular complexity index is 534. The average Bonchev–Trinajstić information content (AvgIpc) is 2.32. The fraction of sp³-hybridized carbons (Fsp3) is 0.267. The summed E-state index contributed by atoms with van der Waals surface area (Å²) >= 11 is 0. The predicted octanol–water partition coefficient (Wildman–Crippen LogP) is 3.09. The molecule has 1 aromatic carbocycles. The lowest BCUT2D eigenvalue weighted by molar-refractivity contribution is 0.219. The third-order valence-electron chi connectivity index (χ3n) is 3.19. The van der Waals surface area contributed by atoms with Crippen LogP contribution < -0.4 is 0 Å². The summed E-state index contributed by atoms with van der Waals surface area (Å²) in [7, 11) is 0. The van der Waals surface area contributed by atoms with Gasteiger partial charge in [0.1, 0.15) is 6.10 Å². The summed E-state index contributed by atoms with van der Waals surface area (Å²) in [6.45, 7) is 6.04. The van der Waals surface area contributed by atoms with E-state index in [4.69, 9.17) is 0 Å². The molecular weight excluding hydrogens is 210 g/mol. The van der Waals surface area contributed by atoms with E-state index >= 15 is 0 Å². The van der Waals surface area contributed by atoms with Gasteiger partial charge in [-0.3, -0.25) is 4.98 Å². The van der Waals surface area contributed by atoms with Crippen molar-refractivity contribution >= 4 is 0 Å². The van der Waals surface area contributed by atoms with Crippen molar-refractivity contribution in [1.82, 2.24) is 4.98 Å². The molecule has 0 spiro atoms. The van der Waals surface area contributed by atoms with E-state index in [9.17, 15) is 5.11 Å². The van der Waals surface area contributed by atoms with Gasteiger partial charge in [-0.25, -0.2) is 0 Å². The molecule has 0 amide bonds. The minimum Gasteiger partial charge on any atom is -0.384 e. The molecule has 1 unspecified atom stereocenters. The minimum atomic E-state index is -0.594. The smallest absolute Gasteiger partial charge is 0.106 e. The fourth-order valence-corrected chi connectivity index (χ4v) is 1.90. The zero-order valence-electron chi connectivity index (χ0n) is 10.4. The Labute approximate surface area is 102 Å². The first-order valence-corrected chi connectivity index (χ1v) is 5.76. The fourth-order valence-electron chi connectivity index (χ4n) is 1.90. The van der Waals surface area contributed by atoms with Gasteiger partial charge in [-0.15, -0.1) is 0 Å². The van der Waals surface area contributed by atoms with Crippen LogP contribution in [0.4, 0.5) is 0 Å². The van der Waals surface area contributed by atoms with Crippen LogP contribution in [0.3, 0.4) is 0 Å². The normalized spacial score (nSPS) is 12.5. The molecule has 1 N–H and O–H groups in total. The Balaban J connectivity index is 2.40. The van der Waals surface area contributed by atoms with Gasteiger partial charge in [0.25, 0.3) is 0 Å². The molecule has 1 aromatic heterocycles. The van der Waals surface area contributed by atoms with Crippen molar-refractivity contribution in [2.24, 2.45) is 0 Å². The molecule has 0 saturated carbocycles. The summed E-state index contributed by atoms with van der Waals surface area (Å²) in [5.74, 6) is 0. The lowest BCUT2D eigenvalue weighted by Crippen LogP contribution is -2.03. The first kappa shape index (κ1) is 11.8. The Morgan fingerprint density at radius 3 is 2.47 bits per heavy atom. The van der Waals surface area contributed by atoms with E-state index in [1.165, 1.54) is 11.1 Å². The minimum absolute atomic E-state index is 0.594. The zero-order valence-corrected chi connectivity index (χ0v) is 10.4. The van der Waals surface area contributed by atoms with Gasteiger partial charge in [0.15, 0.2) is 0 Å². The number of aromatic nitrogens is 1. The number of rotatable bonds is 2. The standard InChI is InChI=1S/C15H17NO/c1-10-6-7-13(9-11(10)2)15(17)14-5-4-8-16-12(14)3/h4-9,15,17H,1-3H3. The molecule has 1 heterocycles. The van der Waals surface area contributed by atoms with Crippen molar-refractivity contribution in [3.8, 4) is 0 Å². The van der Waals surface area contributed by atoms with Crippen molar-refractivity contribution in [1.29, 1.82) is 0 Å². The van der Waals surface area contributed by atoms with Crippen molar-refractivity contribution in [2.75, 3.05) is 0 Å². The number of aryl methyl sites for hydroxylation is 3. The van der Waals surface area contributed by atoms with Crippen LogP contribution in [-0.2, 0) is 0 Å². The summed E-state index contributed by atoms with van der Waals surface area (Å²) in [6.07, 6.45) is 1.15. The quantitative estimate of drug-likeness (QED) is 0.855. The molecule has 0 fully saturated rings. The highest BCUT2D eigenvalue weighted by molar-refractivity contribution is 5.36. The Kier molecular flexibility index (Phi) is 3.25. The maximum atomic E-state index is 10.3. The Hall–Kier alpha value is -1.67. The number of aliphatic hydroxyl groups excluding tert-OH is 1. The molecule has 1 atom stereocenters. The van der Waals surface area contributed by atoms with Crippen LogP contribution >= 0.6 is 0 Å². The summed E-state index contributed by atoms with van der Waals surface area (Å²) in [5, 5.41) is 10.3. The number of hydrogen-bond donors (Lipinski definition) is 1. The lowest BCUT2D eigenvalue weighted by atomic mass is 9.97. The average molecular weight is 227 g/mol. The van der Waals surface area contributed by atoms with E-state index in [2.05, 4.69) is 18.8 Å². The number of benzene rings is 1. The van der Waals surface area contributed by atoms with Gasteiger partial charge in [0.05, 0.1) is 0 Å². The predicted molar refractivity (Wildman–Crippen MR) is 69.0 cm³/mol. The van der Waals surface area contributed by atoms with Crippen molar-refractivity contribution < 1.29 is 5.11 Å². The van der Waals surface area contributed by atoms with Crippen LogP contribution in [0.2, 0.25) is 0 Å². The maximum absolute atomic E-state index is 10.3. The molecule has 0 aliphatic rings. The SMILES string of the molecule is Cc1ccc(C(O)c2cccnc2C)cc1C. The second-order valence-electron chi connectivity index (χ2n) is 4.42.